The van der Waals surface area contributed by atoms with Crippen molar-refractivity contribution in [2.75, 3.05) is 26.9 Å². The third-order valence-corrected chi connectivity index (χ3v) is 5.54. The molecule has 4 rings (SSSR count). The minimum Gasteiger partial charge on any atom is -0.497 e. The molecule has 0 bridgehead atoms. The zero-order valence-electron chi connectivity index (χ0n) is 16.1. The average molecular weight is 380 g/mol. The van der Waals surface area contributed by atoms with Gasteiger partial charge in [0.25, 0.3) is 5.91 Å². The zero-order chi connectivity index (χ0) is 19.6. The van der Waals surface area contributed by atoms with Crippen LogP contribution in [0.4, 0.5) is 0 Å². The van der Waals surface area contributed by atoms with E-state index in [1.807, 2.05) is 19.1 Å². The van der Waals surface area contributed by atoms with E-state index < -0.39 is 0 Å². The predicted octanol–water partition coefficient (Wildman–Crippen LogP) is 2.52. The summed E-state index contributed by atoms with van der Waals surface area (Å²) in [7, 11) is 1.66. The second kappa shape index (κ2) is 7.59. The predicted molar refractivity (Wildman–Crippen MR) is 105 cm³/mol. The van der Waals surface area contributed by atoms with Crippen molar-refractivity contribution in [3.05, 3.63) is 59.5 Å². The summed E-state index contributed by atoms with van der Waals surface area (Å²) in [5.41, 5.74) is 2.79. The number of aryl methyl sites for hydroxylation is 1. The van der Waals surface area contributed by atoms with Gasteiger partial charge in [-0.3, -0.25) is 4.79 Å². The maximum absolute atomic E-state index is 13.0. The zero-order valence-corrected chi connectivity index (χ0v) is 16.1. The van der Waals surface area contributed by atoms with Gasteiger partial charge in [-0.05, 0) is 43.5 Å². The van der Waals surface area contributed by atoms with Gasteiger partial charge >= 0.3 is 0 Å². The van der Waals surface area contributed by atoms with Gasteiger partial charge in [0.15, 0.2) is 5.65 Å². The van der Waals surface area contributed by atoms with Crippen molar-refractivity contribution in [2.24, 2.45) is 0 Å². The molecule has 1 saturated heterocycles. The first-order chi connectivity index (χ1) is 13.6. The van der Waals surface area contributed by atoms with Crippen LogP contribution in [0.15, 0.2) is 42.7 Å². The Bertz CT molecular complexity index is 975. The third kappa shape index (κ3) is 3.33. The van der Waals surface area contributed by atoms with E-state index >= 15 is 0 Å². The molecule has 0 spiro atoms. The Labute approximate surface area is 163 Å². The maximum atomic E-state index is 13.0. The van der Waals surface area contributed by atoms with Crippen molar-refractivity contribution < 1.29 is 14.3 Å². The van der Waals surface area contributed by atoms with Gasteiger partial charge in [0, 0.05) is 37.6 Å². The lowest BCUT2D eigenvalue weighted by atomic mass is 9.74. The number of amides is 1. The number of nitrogens with one attached hydrogen (secondary N) is 1. The lowest BCUT2D eigenvalue weighted by Crippen LogP contribution is -2.44. The summed E-state index contributed by atoms with van der Waals surface area (Å²) < 4.78 is 12.5. The Kier molecular flexibility index (Phi) is 5.00. The molecule has 0 atom stereocenters. The molecule has 1 N–H and O–H groups in total. The Morgan fingerprint density at radius 3 is 2.75 bits per heavy atom. The molecule has 1 aliphatic rings. The van der Waals surface area contributed by atoms with Crippen molar-refractivity contribution in [3.63, 3.8) is 0 Å². The summed E-state index contributed by atoms with van der Waals surface area (Å²) in [6.07, 6.45) is 5.17. The second-order valence-electron chi connectivity index (χ2n) is 7.15. The summed E-state index contributed by atoms with van der Waals surface area (Å²) in [5, 5.41) is 7.52. The molecule has 0 saturated carbocycles. The minimum absolute atomic E-state index is 0.148. The Hall–Kier alpha value is -2.93. The second-order valence-corrected chi connectivity index (χ2v) is 7.15. The van der Waals surface area contributed by atoms with Crippen LogP contribution in [-0.4, -0.2) is 47.4 Å². The number of nitrogens with zero attached hydrogens (tertiary/aromatic N) is 3. The van der Waals surface area contributed by atoms with E-state index in [1.165, 1.54) is 5.56 Å². The number of benzene rings is 1. The Balaban J connectivity index is 1.59. The highest BCUT2D eigenvalue weighted by atomic mass is 16.5. The molecular weight excluding hydrogens is 356 g/mol. The van der Waals surface area contributed by atoms with Crippen LogP contribution in [0.25, 0.3) is 5.65 Å². The smallest absolute Gasteiger partial charge is 0.257 e. The first-order valence-corrected chi connectivity index (χ1v) is 9.43. The molecule has 7 nitrogen and oxygen atoms in total. The quantitative estimate of drug-likeness (QED) is 0.736. The molecule has 3 heterocycles. The summed E-state index contributed by atoms with van der Waals surface area (Å²) in [5.74, 6) is 0.675. The number of hydrogen-bond donors (Lipinski definition) is 1. The average Bonchev–Trinajstić information content (AvgIpc) is 3.08. The molecule has 1 fully saturated rings. The largest absolute Gasteiger partial charge is 0.497 e. The standard InChI is InChI=1S/C21H24N4O3/c1-15-18(19-22-10-3-11-25(19)24-15)20(26)23-14-21(8-12-28-13-9-21)16-4-6-17(27-2)7-5-16/h3-7,10-11H,8-9,12-14H2,1-2H3,(H,23,26). The number of fused-ring (bicyclic) bond motifs is 1. The van der Waals surface area contributed by atoms with Crippen LogP contribution >= 0.6 is 0 Å². The highest BCUT2D eigenvalue weighted by molar-refractivity contribution is 6.01. The van der Waals surface area contributed by atoms with Gasteiger partial charge < -0.3 is 14.8 Å². The van der Waals surface area contributed by atoms with Gasteiger partial charge in [-0.15, -0.1) is 0 Å². The molecule has 0 unspecified atom stereocenters. The van der Waals surface area contributed by atoms with Crippen molar-refractivity contribution in [3.8, 4) is 5.75 Å². The number of hydrogen-bond acceptors (Lipinski definition) is 5. The van der Waals surface area contributed by atoms with E-state index in [0.717, 1.165) is 18.6 Å². The number of ether oxygens (including phenoxy) is 2. The minimum atomic E-state index is -0.162. The monoisotopic (exact) mass is 380 g/mol. The molecule has 3 aromatic rings. The number of methoxy groups -OCH3 is 1. The number of carbonyl (C=O) groups is 1. The SMILES string of the molecule is COc1ccc(C2(CNC(=O)c3c(C)nn4cccnc34)CCOCC2)cc1. The van der Waals surface area contributed by atoms with E-state index in [2.05, 4.69) is 27.5 Å². The Morgan fingerprint density at radius 1 is 1.29 bits per heavy atom. The molecule has 1 amide bonds. The van der Waals surface area contributed by atoms with E-state index in [-0.39, 0.29) is 11.3 Å². The summed E-state index contributed by atoms with van der Waals surface area (Å²) in [6, 6.07) is 9.89. The molecule has 2 aromatic heterocycles. The van der Waals surface area contributed by atoms with Gasteiger partial charge in [0.1, 0.15) is 11.3 Å². The maximum Gasteiger partial charge on any atom is 0.257 e. The third-order valence-electron chi connectivity index (χ3n) is 5.54. The van der Waals surface area contributed by atoms with Crippen LogP contribution in [0.3, 0.4) is 0 Å². The topological polar surface area (TPSA) is 77.8 Å². The van der Waals surface area contributed by atoms with Crippen molar-refractivity contribution in [2.45, 2.75) is 25.2 Å². The molecule has 1 aromatic carbocycles. The fraction of sp³-hybridized carbons (Fsp3) is 0.381. The fourth-order valence-corrected chi connectivity index (χ4v) is 3.87. The van der Waals surface area contributed by atoms with Crippen molar-refractivity contribution in [1.29, 1.82) is 0 Å². The number of carbonyl (C=O) groups excluding carboxylic acids is 1. The highest BCUT2D eigenvalue weighted by Gasteiger charge is 2.35. The number of rotatable bonds is 5. The van der Waals surface area contributed by atoms with Crippen LogP contribution in [0.5, 0.6) is 5.75 Å². The first-order valence-electron chi connectivity index (χ1n) is 9.43. The number of aromatic nitrogens is 3. The normalized spacial score (nSPS) is 16.1. The molecule has 7 heteroatoms. The van der Waals surface area contributed by atoms with E-state index in [0.29, 0.717) is 36.7 Å². The highest BCUT2D eigenvalue weighted by Crippen LogP contribution is 2.35. The van der Waals surface area contributed by atoms with E-state index in [9.17, 15) is 4.79 Å². The van der Waals surface area contributed by atoms with Gasteiger partial charge in [-0.1, -0.05) is 12.1 Å². The molecular formula is C21H24N4O3. The van der Waals surface area contributed by atoms with Gasteiger partial charge in [-0.25, -0.2) is 9.50 Å². The van der Waals surface area contributed by atoms with E-state index in [1.54, 1.807) is 30.1 Å². The Morgan fingerprint density at radius 2 is 2.04 bits per heavy atom. The summed E-state index contributed by atoms with van der Waals surface area (Å²) >= 11 is 0. The van der Waals surface area contributed by atoms with Crippen LogP contribution in [0, 0.1) is 6.92 Å². The van der Waals surface area contributed by atoms with Crippen LogP contribution in [0.1, 0.15) is 34.5 Å². The molecule has 1 aliphatic heterocycles. The lowest BCUT2D eigenvalue weighted by molar-refractivity contribution is 0.0487. The van der Waals surface area contributed by atoms with Crippen molar-refractivity contribution >= 4 is 11.6 Å². The van der Waals surface area contributed by atoms with Crippen molar-refractivity contribution in [1.82, 2.24) is 19.9 Å². The summed E-state index contributed by atoms with van der Waals surface area (Å²) in [6.45, 7) is 3.72. The van der Waals surface area contributed by atoms with Gasteiger partial charge in [0.2, 0.25) is 0 Å². The fourth-order valence-electron chi connectivity index (χ4n) is 3.87. The van der Waals surface area contributed by atoms with Gasteiger partial charge in [-0.2, -0.15) is 5.10 Å². The van der Waals surface area contributed by atoms with Crippen LogP contribution in [0.2, 0.25) is 0 Å². The van der Waals surface area contributed by atoms with E-state index in [4.69, 9.17) is 9.47 Å². The first kappa shape index (κ1) is 18.4. The summed E-state index contributed by atoms with van der Waals surface area (Å²) in [4.78, 5) is 17.3. The van der Waals surface area contributed by atoms with Crippen LogP contribution < -0.4 is 10.1 Å². The molecule has 146 valence electrons. The van der Waals surface area contributed by atoms with Crippen LogP contribution in [-0.2, 0) is 10.2 Å². The molecule has 28 heavy (non-hydrogen) atoms. The molecule has 0 aliphatic carbocycles. The lowest BCUT2D eigenvalue weighted by Gasteiger charge is -2.38. The molecule has 0 radical (unpaired) electrons. The van der Waals surface area contributed by atoms with Gasteiger partial charge in [0.05, 0.1) is 12.8 Å².